The van der Waals surface area contributed by atoms with Crippen LogP contribution in [-0.4, -0.2) is 49.9 Å². The summed E-state index contributed by atoms with van der Waals surface area (Å²) in [5.74, 6) is 0.372. The Morgan fingerprint density at radius 3 is 2.82 bits per heavy atom. The fourth-order valence-corrected chi connectivity index (χ4v) is 4.48. The van der Waals surface area contributed by atoms with Crippen molar-refractivity contribution in [3.63, 3.8) is 0 Å². The Labute approximate surface area is 164 Å². The van der Waals surface area contributed by atoms with Gasteiger partial charge in [0.2, 0.25) is 5.88 Å². The molecule has 4 atom stereocenters. The van der Waals surface area contributed by atoms with Crippen molar-refractivity contribution < 1.29 is 14.2 Å². The van der Waals surface area contributed by atoms with E-state index in [0.717, 1.165) is 23.4 Å². The maximum atomic E-state index is 14.5. The smallest absolute Gasteiger partial charge is 0.233 e. The van der Waals surface area contributed by atoms with Crippen LogP contribution in [0, 0.1) is 0 Å². The third-order valence-electron chi connectivity index (χ3n) is 5.33. The van der Waals surface area contributed by atoms with E-state index in [1.54, 1.807) is 29.8 Å². The number of rotatable bonds is 4. The van der Waals surface area contributed by atoms with Crippen molar-refractivity contribution in [1.29, 1.82) is 0 Å². The van der Waals surface area contributed by atoms with Crippen LogP contribution in [0.25, 0.3) is 21.8 Å². The third-order valence-corrected chi connectivity index (χ3v) is 6.07. The number of aromatic nitrogens is 4. The van der Waals surface area contributed by atoms with Crippen molar-refractivity contribution in [2.24, 2.45) is 0 Å². The van der Waals surface area contributed by atoms with Gasteiger partial charge in [-0.15, -0.1) is 20.4 Å². The van der Waals surface area contributed by atoms with Crippen molar-refractivity contribution in [2.75, 3.05) is 0 Å². The average molecular weight is 399 g/mol. The van der Waals surface area contributed by atoms with Gasteiger partial charge in [0.25, 0.3) is 0 Å². The van der Waals surface area contributed by atoms with Gasteiger partial charge in [-0.3, -0.25) is 0 Å². The first kappa shape index (κ1) is 17.4. The predicted octanol–water partition coefficient (Wildman–Crippen LogP) is 2.98. The monoisotopic (exact) mass is 399 g/mol. The van der Waals surface area contributed by atoms with Crippen molar-refractivity contribution in [2.45, 2.75) is 43.6 Å². The summed E-state index contributed by atoms with van der Waals surface area (Å²) in [6.45, 7) is 0. The molecule has 2 aliphatic heterocycles. The highest BCUT2D eigenvalue weighted by Crippen LogP contribution is 2.34. The molecule has 3 aromatic rings. The maximum absolute atomic E-state index is 14.5. The Hall–Kier alpha value is -2.65. The Morgan fingerprint density at radius 2 is 2.07 bits per heavy atom. The summed E-state index contributed by atoms with van der Waals surface area (Å²) in [6.07, 6.45) is 0.926. The number of halogens is 1. The van der Waals surface area contributed by atoms with E-state index in [2.05, 4.69) is 25.7 Å². The van der Waals surface area contributed by atoms with Gasteiger partial charge in [-0.1, -0.05) is 17.4 Å². The van der Waals surface area contributed by atoms with Gasteiger partial charge in [0.15, 0.2) is 6.17 Å². The second-order valence-corrected chi connectivity index (χ2v) is 7.95. The number of benzene rings is 1. The number of phenols is 1. The molecular weight excluding hydrogens is 381 g/mol. The maximum Gasteiger partial charge on any atom is 0.233 e. The van der Waals surface area contributed by atoms with Gasteiger partial charge >= 0.3 is 0 Å². The summed E-state index contributed by atoms with van der Waals surface area (Å²) < 4.78 is 20.3. The number of phenolic OH excluding ortho intramolecular Hbond substituents is 1. The molecule has 144 valence electrons. The first-order chi connectivity index (χ1) is 13.7. The summed E-state index contributed by atoms with van der Waals surface area (Å²) in [7, 11) is 0. The first-order valence-electron chi connectivity index (χ1n) is 9.18. The van der Waals surface area contributed by atoms with Crippen LogP contribution < -0.4 is 10.1 Å². The lowest BCUT2D eigenvalue weighted by Gasteiger charge is -2.32. The summed E-state index contributed by atoms with van der Waals surface area (Å²) >= 11 is 1.40. The molecule has 28 heavy (non-hydrogen) atoms. The zero-order chi connectivity index (χ0) is 19.1. The number of piperidine rings is 1. The lowest BCUT2D eigenvalue weighted by molar-refractivity contribution is 0.0422. The molecule has 0 aliphatic carbocycles. The number of hydrogen-bond acceptors (Lipinski definition) is 8. The van der Waals surface area contributed by atoms with E-state index in [1.807, 2.05) is 6.07 Å². The summed E-state index contributed by atoms with van der Waals surface area (Å²) in [5, 5.41) is 30.4. The number of nitrogens with zero attached hydrogens (tertiary/aromatic N) is 4. The van der Waals surface area contributed by atoms with Crippen LogP contribution in [0.2, 0.25) is 0 Å². The highest BCUT2D eigenvalue weighted by molar-refractivity contribution is 7.12. The Balaban J connectivity index is 1.32. The topological polar surface area (TPSA) is 93.1 Å². The number of hydrogen-bond donors (Lipinski definition) is 2. The highest BCUT2D eigenvalue weighted by atomic mass is 32.1. The Bertz CT molecular complexity index is 969. The minimum atomic E-state index is -1.04. The van der Waals surface area contributed by atoms with Gasteiger partial charge in [0, 0.05) is 35.7 Å². The lowest BCUT2D eigenvalue weighted by Crippen LogP contribution is -2.51. The zero-order valence-corrected chi connectivity index (χ0v) is 15.6. The molecule has 0 spiro atoms. The fourth-order valence-electron chi connectivity index (χ4n) is 3.93. The van der Waals surface area contributed by atoms with Crippen LogP contribution in [0.15, 0.2) is 35.8 Å². The SMILES string of the molecule is Oc1cc(-c2nncs2)ccc1-c1ccc(O[C@@H]2CC3CCC(N3)[C@@H]2F)nn1. The minimum absolute atomic E-state index is 0.0782. The molecule has 9 heteroatoms. The van der Waals surface area contributed by atoms with Crippen LogP contribution in [0.1, 0.15) is 19.3 Å². The van der Waals surface area contributed by atoms with E-state index >= 15 is 0 Å². The Kier molecular flexibility index (Phi) is 4.40. The summed E-state index contributed by atoms with van der Waals surface area (Å²) in [5.41, 5.74) is 3.48. The second kappa shape index (κ2) is 7.06. The van der Waals surface area contributed by atoms with Crippen LogP contribution >= 0.6 is 11.3 Å². The second-order valence-electron chi connectivity index (χ2n) is 7.12. The van der Waals surface area contributed by atoms with E-state index in [1.165, 1.54) is 11.3 Å². The first-order valence-corrected chi connectivity index (χ1v) is 10.1. The molecule has 1 aromatic carbocycles. The molecule has 2 bridgehead atoms. The standard InChI is InChI=1S/C19H18FN5O2S/c20-18-14-4-2-11(22-14)8-16(18)27-17-6-5-13(23-24-17)12-3-1-10(7-15(12)26)19-25-21-9-28-19/h1,3,5-7,9,11,14,16,18,22,26H,2,4,8H2/t11?,14?,16-,18+/m1/s1. The van der Waals surface area contributed by atoms with Crippen molar-refractivity contribution in [3.05, 3.63) is 35.8 Å². The van der Waals surface area contributed by atoms with Crippen LogP contribution in [0.4, 0.5) is 4.39 Å². The van der Waals surface area contributed by atoms with Crippen molar-refractivity contribution in [3.8, 4) is 33.5 Å². The number of aromatic hydroxyl groups is 1. The molecule has 0 radical (unpaired) electrons. The van der Waals surface area contributed by atoms with E-state index in [0.29, 0.717) is 29.6 Å². The van der Waals surface area contributed by atoms with Gasteiger partial charge < -0.3 is 15.2 Å². The summed E-state index contributed by atoms with van der Waals surface area (Å²) in [6, 6.07) is 8.80. The van der Waals surface area contributed by atoms with E-state index in [4.69, 9.17) is 4.74 Å². The molecule has 2 saturated heterocycles. The summed E-state index contributed by atoms with van der Waals surface area (Å²) in [4.78, 5) is 0. The van der Waals surface area contributed by atoms with Crippen molar-refractivity contribution in [1.82, 2.24) is 25.7 Å². The number of fused-ring (bicyclic) bond motifs is 2. The molecule has 2 N–H and O–H groups in total. The largest absolute Gasteiger partial charge is 0.507 e. The molecule has 2 aliphatic rings. The normalized spacial score (nSPS) is 26.3. The van der Waals surface area contributed by atoms with Crippen LogP contribution in [0.3, 0.4) is 0 Å². The fraction of sp³-hybridized carbons (Fsp3) is 0.368. The molecule has 2 aromatic heterocycles. The number of nitrogens with one attached hydrogen (secondary N) is 1. The van der Waals surface area contributed by atoms with E-state index in [9.17, 15) is 9.50 Å². The van der Waals surface area contributed by atoms with Gasteiger partial charge in [0.05, 0.1) is 5.69 Å². The molecule has 0 saturated carbocycles. The van der Waals surface area contributed by atoms with Crippen LogP contribution in [-0.2, 0) is 0 Å². The molecule has 5 rings (SSSR count). The number of ether oxygens (including phenoxy) is 1. The third kappa shape index (κ3) is 3.20. The lowest BCUT2D eigenvalue weighted by atomic mass is 10.0. The molecule has 0 amide bonds. The molecule has 7 nitrogen and oxygen atoms in total. The van der Waals surface area contributed by atoms with Crippen molar-refractivity contribution >= 4 is 11.3 Å². The number of alkyl halides is 1. The van der Waals surface area contributed by atoms with E-state index in [-0.39, 0.29) is 11.8 Å². The van der Waals surface area contributed by atoms with E-state index < -0.39 is 12.3 Å². The van der Waals surface area contributed by atoms with Gasteiger partial charge in [-0.25, -0.2) is 4.39 Å². The molecule has 2 fully saturated rings. The van der Waals surface area contributed by atoms with Crippen LogP contribution in [0.5, 0.6) is 11.6 Å². The van der Waals surface area contributed by atoms with Gasteiger partial charge in [-0.2, -0.15) is 0 Å². The molecular formula is C19H18FN5O2S. The zero-order valence-electron chi connectivity index (χ0n) is 14.8. The van der Waals surface area contributed by atoms with Gasteiger partial charge in [0.1, 0.15) is 22.4 Å². The predicted molar refractivity (Wildman–Crippen MR) is 102 cm³/mol. The quantitative estimate of drug-likeness (QED) is 0.697. The molecule has 4 heterocycles. The van der Waals surface area contributed by atoms with Gasteiger partial charge in [-0.05, 0) is 31.0 Å². The molecule has 2 unspecified atom stereocenters. The minimum Gasteiger partial charge on any atom is -0.507 e. The average Bonchev–Trinajstić information content (AvgIpc) is 3.37. The highest BCUT2D eigenvalue weighted by Gasteiger charge is 2.43. The Morgan fingerprint density at radius 1 is 1.14 bits per heavy atom.